The number of carbonyl (C=O) groups is 1. The molecule has 11 heteroatoms. The number of carbonyl (C=O) groups excluding carboxylic acids is 1. The molecule has 4 atom stereocenters. The summed E-state index contributed by atoms with van der Waals surface area (Å²) in [6, 6.07) is 4.14. The molecule has 1 saturated carbocycles. The lowest BCUT2D eigenvalue weighted by Crippen LogP contribution is -2.34. The molecule has 0 radical (unpaired) electrons. The van der Waals surface area contributed by atoms with Crippen molar-refractivity contribution in [1.29, 1.82) is 0 Å². The van der Waals surface area contributed by atoms with Gasteiger partial charge in [-0.1, -0.05) is 31.4 Å². The number of fused-ring (bicyclic) bond motifs is 3. The molecule has 0 spiro atoms. The van der Waals surface area contributed by atoms with Crippen LogP contribution < -0.4 is 15.7 Å². The predicted octanol–water partition coefficient (Wildman–Crippen LogP) is 4.32. The van der Waals surface area contributed by atoms with Gasteiger partial charge in [0.2, 0.25) is 5.95 Å². The molecule has 1 amide bonds. The van der Waals surface area contributed by atoms with Gasteiger partial charge in [0.25, 0.3) is 0 Å². The van der Waals surface area contributed by atoms with Crippen LogP contribution >= 0.6 is 11.6 Å². The van der Waals surface area contributed by atoms with Crippen molar-refractivity contribution in [2.75, 3.05) is 4.90 Å². The number of pyridine rings is 2. The fourth-order valence-electron chi connectivity index (χ4n) is 6.89. The van der Waals surface area contributed by atoms with Crippen LogP contribution in [0.15, 0.2) is 24.5 Å². The molecule has 200 valence electrons. The quantitative estimate of drug-likeness (QED) is 0.440. The van der Waals surface area contributed by atoms with Gasteiger partial charge in [-0.2, -0.15) is 0 Å². The van der Waals surface area contributed by atoms with Gasteiger partial charge in [0.1, 0.15) is 0 Å². The van der Waals surface area contributed by atoms with Crippen LogP contribution in [0.3, 0.4) is 0 Å². The summed E-state index contributed by atoms with van der Waals surface area (Å²) in [5, 5.41) is 14.0. The van der Waals surface area contributed by atoms with Crippen molar-refractivity contribution in [1.82, 2.24) is 30.3 Å². The average Bonchev–Trinajstić information content (AvgIpc) is 3.67. The summed E-state index contributed by atoms with van der Waals surface area (Å²) >= 11 is 6.37. The van der Waals surface area contributed by atoms with Crippen molar-refractivity contribution >= 4 is 34.7 Å². The van der Waals surface area contributed by atoms with Crippen LogP contribution in [0.25, 0.3) is 22.3 Å². The molecule has 7 rings (SSSR count). The van der Waals surface area contributed by atoms with Crippen molar-refractivity contribution in [3.63, 3.8) is 0 Å². The van der Waals surface area contributed by atoms with Gasteiger partial charge in [-0.3, -0.25) is 10.3 Å². The molecule has 3 aliphatic heterocycles. The monoisotopic (exact) mass is 537 g/mol. The van der Waals surface area contributed by atoms with Crippen molar-refractivity contribution < 1.29 is 14.7 Å². The van der Waals surface area contributed by atoms with Gasteiger partial charge in [-0.25, -0.2) is 14.8 Å². The standard InChI is InChI=1S/C27H32ClN7O3/c1-14-2-4-15(5-3-14)13-34-24-19(31-26(34)35-18-6-7-21(35)22(36)9-18)10-20(25-32-27(37)38-33-25)30-23(24)16-8-17(28)12-29-11-16/h8,10-12,14-15,18,21-22,25,33,36H,2-7,9,13H2,1H3,(H,32,37). The number of amides is 1. The second-order valence-electron chi connectivity index (χ2n) is 11.4. The summed E-state index contributed by atoms with van der Waals surface area (Å²) in [4.78, 5) is 33.6. The predicted molar refractivity (Wildman–Crippen MR) is 142 cm³/mol. The summed E-state index contributed by atoms with van der Waals surface area (Å²) in [6.07, 6.45) is 9.54. The van der Waals surface area contributed by atoms with Crippen molar-refractivity contribution in [3.8, 4) is 11.3 Å². The molecule has 38 heavy (non-hydrogen) atoms. The molecule has 10 nitrogen and oxygen atoms in total. The lowest BCUT2D eigenvalue weighted by Gasteiger charge is -2.30. The van der Waals surface area contributed by atoms with E-state index in [1.54, 1.807) is 12.4 Å². The van der Waals surface area contributed by atoms with Crippen molar-refractivity contribution in [3.05, 3.63) is 35.2 Å². The van der Waals surface area contributed by atoms with E-state index in [2.05, 4.69) is 32.2 Å². The van der Waals surface area contributed by atoms with E-state index in [0.717, 1.165) is 54.3 Å². The summed E-state index contributed by atoms with van der Waals surface area (Å²) in [6.45, 7) is 3.18. The molecule has 3 aromatic rings. The third-order valence-electron chi connectivity index (χ3n) is 8.84. The molecule has 4 aliphatic rings. The summed E-state index contributed by atoms with van der Waals surface area (Å²) in [5.74, 6) is 2.21. The Kier molecular flexibility index (Phi) is 5.94. The van der Waals surface area contributed by atoms with E-state index in [9.17, 15) is 9.90 Å². The van der Waals surface area contributed by atoms with E-state index in [-0.39, 0.29) is 18.2 Å². The first-order chi connectivity index (χ1) is 18.4. The minimum absolute atomic E-state index is 0.0786. The average molecular weight is 538 g/mol. The number of rotatable bonds is 5. The Hall–Kier alpha value is -2.95. The number of hydrogen-bond acceptors (Lipinski definition) is 8. The fourth-order valence-corrected chi connectivity index (χ4v) is 7.06. The molecule has 3 aromatic heterocycles. The van der Waals surface area contributed by atoms with Crippen molar-refractivity contribution in [2.24, 2.45) is 11.8 Å². The number of halogens is 1. The number of hydrogen-bond donors (Lipinski definition) is 3. The van der Waals surface area contributed by atoms with Crippen molar-refractivity contribution in [2.45, 2.75) is 82.8 Å². The Morgan fingerprint density at radius 1 is 1.13 bits per heavy atom. The maximum atomic E-state index is 11.8. The van der Waals surface area contributed by atoms with Crippen LogP contribution in [0.5, 0.6) is 0 Å². The zero-order valence-electron chi connectivity index (χ0n) is 21.3. The van der Waals surface area contributed by atoms with Crippen LogP contribution in [0.2, 0.25) is 5.02 Å². The highest BCUT2D eigenvalue weighted by Gasteiger charge is 2.47. The largest absolute Gasteiger partial charge is 0.427 e. The highest BCUT2D eigenvalue weighted by atomic mass is 35.5. The number of aromatic nitrogens is 4. The van der Waals surface area contributed by atoms with Crippen LogP contribution in [-0.2, 0) is 11.4 Å². The fraction of sp³-hybridized carbons (Fsp3) is 0.556. The first kappa shape index (κ1) is 24.1. The SMILES string of the molecule is CC1CCC(Cn2c(N3C4CCC3C(O)C4)nc3cc(C4NOC(=O)N4)nc(-c4cncc(Cl)c4)c32)CC1. The lowest BCUT2D eigenvalue weighted by atomic mass is 9.83. The summed E-state index contributed by atoms with van der Waals surface area (Å²) in [7, 11) is 0. The number of imidazole rings is 1. The number of aliphatic hydroxyl groups is 1. The Labute approximate surface area is 225 Å². The van der Waals surface area contributed by atoms with Gasteiger partial charge in [0.05, 0.1) is 39.6 Å². The number of hydroxylamine groups is 1. The van der Waals surface area contributed by atoms with E-state index >= 15 is 0 Å². The third-order valence-corrected chi connectivity index (χ3v) is 9.05. The second-order valence-corrected chi connectivity index (χ2v) is 11.8. The molecule has 4 unspecified atom stereocenters. The highest BCUT2D eigenvalue weighted by molar-refractivity contribution is 6.30. The molecular formula is C27H32ClN7O3. The van der Waals surface area contributed by atoms with E-state index in [1.165, 1.54) is 25.7 Å². The van der Waals surface area contributed by atoms with Crippen LogP contribution in [-0.4, -0.2) is 48.9 Å². The van der Waals surface area contributed by atoms with Gasteiger partial charge in [-0.15, -0.1) is 5.48 Å². The second kappa shape index (κ2) is 9.36. The van der Waals surface area contributed by atoms with Gasteiger partial charge in [0, 0.05) is 30.5 Å². The van der Waals surface area contributed by atoms with Crippen LogP contribution in [0, 0.1) is 11.8 Å². The van der Waals surface area contributed by atoms with Gasteiger partial charge >= 0.3 is 6.09 Å². The Balaban J connectivity index is 1.42. The smallest absolute Gasteiger partial charge is 0.391 e. The van der Waals surface area contributed by atoms with E-state index < -0.39 is 12.3 Å². The maximum Gasteiger partial charge on any atom is 0.427 e. The Bertz CT molecular complexity index is 1390. The molecule has 4 fully saturated rings. The van der Waals surface area contributed by atoms with E-state index in [4.69, 9.17) is 26.4 Å². The third kappa shape index (κ3) is 4.10. The van der Waals surface area contributed by atoms with E-state index in [1.807, 2.05) is 12.1 Å². The number of nitrogens with zero attached hydrogens (tertiary/aromatic N) is 5. The van der Waals surface area contributed by atoms with Crippen LogP contribution in [0.1, 0.15) is 63.7 Å². The molecule has 3 saturated heterocycles. The first-order valence-electron chi connectivity index (χ1n) is 13.7. The Morgan fingerprint density at radius 2 is 1.97 bits per heavy atom. The zero-order valence-corrected chi connectivity index (χ0v) is 22.1. The first-order valence-corrected chi connectivity index (χ1v) is 14.0. The normalized spacial score (nSPS) is 30.7. The minimum Gasteiger partial charge on any atom is -0.391 e. The highest BCUT2D eigenvalue weighted by Crippen LogP contribution is 2.44. The summed E-state index contributed by atoms with van der Waals surface area (Å²) in [5.41, 5.74) is 6.51. The van der Waals surface area contributed by atoms with E-state index in [0.29, 0.717) is 22.3 Å². The van der Waals surface area contributed by atoms with Gasteiger partial charge in [0.15, 0.2) is 6.17 Å². The number of nitrogens with one attached hydrogen (secondary N) is 2. The van der Waals surface area contributed by atoms with Gasteiger partial charge < -0.3 is 19.4 Å². The minimum atomic E-state index is -0.601. The number of anilines is 1. The molecule has 0 aromatic carbocycles. The molecule has 1 aliphatic carbocycles. The lowest BCUT2D eigenvalue weighted by molar-refractivity contribution is 0.121. The Morgan fingerprint density at radius 3 is 2.66 bits per heavy atom. The molecule has 6 heterocycles. The zero-order chi connectivity index (χ0) is 26.0. The summed E-state index contributed by atoms with van der Waals surface area (Å²) < 4.78 is 2.34. The molecular weight excluding hydrogens is 506 g/mol. The van der Waals surface area contributed by atoms with Crippen LogP contribution in [0.4, 0.5) is 10.7 Å². The van der Waals surface area contributed by atoms with Gasteiger partial charge in [-0.05, 0) is 56.1 Å². The maximum absolute atomic E-state index is 11.8. The molecule has 2 bridgehead atoms. The number of aliphatic hydroxyl groups excluding tert-OH is 1. The topological polar surface area (TPSA) is 117 Å². The molecule has 3 N–H and O–H groups in total.